The fourth-order valence-corrected chi connectivity index (χ4v) is 2.54. The van der Waals surface area contributed by atoms with Crippen molar-refractivity contribution in [1.29, 1.82) is 0 Å². The van der Waals surface area contributed by atoms with E-state index in [0.717, 1.165) is 19.3 Å². The summed E-state index contributed by atoms with van der Waals surface area (Å²) >= 11 is 0. The summed E-state index contributed by atoms with van der Waals surface area (Å²) in [6, 6.07) is 0. The molecule has 0 aromatic rings. The van der Waals surface area contributed by atoms with Crippen molar-refractivity contribution in [3.63, 3.8) is 0 Å². The zero-order valence-electron chi connectivity index (χ0n) is 15.5. The minimum absolute atomic E-state index is 0.0763. The van der Waals surface area contributed by atoms with Crippen molar-refractivity contribution in [3.8, 4) is 0 Å². The molecule has 23 heavy (non-hydrogen) atoms. The number of methoxy groups -OCH3 is 1. The van der Waals surface area contributed by atoms with E-state index in [1.165, 1.54) is 71.3 Å². The van der Waals surface area contributed by atoms with Gasteiger partial charge in [-0.1, -0.05) is 76.2 Å². The topological polar surface area (TPSA) is 26.3 Å². The Balaban J connectivity index is 3.17. The molecule has 134 valence electrons. The Hall–Kier alpha value is -1.05. The highest BCUT2D eigenvalue weighted by Gasteiger charge is 1.98. The normalized spacial score (nSPS) is 11.6. The first-order valence-electron chi connectivity index (χ1n) is 9.68. The second kappa shape index (κ2) is 19.0. The van der Waals surface area contributed by atoms with Gasteiger partial charge >= 0.3 is 5.97 Å². The third-order valence-corrected chi connectivity index (χ3v) is 4.06. The molecule has 0 atom stereocenters. The quantitative estimate of drug-likeness (QED) is 0.178. The Bertz CT molecular complexity index is 305. The van der Waals surface area contributed by atoms with Crippen LogP contribution in [0.25, 0.3) is 0 Å². The van der Waals surface area contributed by atoms with E-state index in [0.29, 0.717) is 6.42 Å². The third-order valence-electron chi connectivity index (χ3n) is 4.06. The number of ether oxygens (including phenoxy) is 1. The maximum atomic E-state index is 10.9. The largest absolute Gasteiger partial charge is 0.469 e. The summed E-state index contributed by atoms with van der Waals surface area (Å²) < 4.78 is 4.63. The van der Waals surface area contributed by atoms with Gasteiger partial charge in [-0.25, -0.2) is 0 Å². The molecular formula is C21H38O2. The third kappa shape index (κ3) is 18.9. The van der Waals surface area contributed by atoms with Crippen molar-refractivity contribution < 1.29 is 9.53 Å². The van der Waals surface area contributed by atoms with Gasteiger partial charge in [-0.05, 0) is 38.5 Å². The van der Waals surface area contributed by atoms with Crippen LogP contribution in [0, 0.1) is 0 Å². The second-order valence-corrected chi connectivity index (χ2v) is 6.26. The van der Waals surface area contributed by atoms with Crippen LogP contribution in [0.5, 0.6) is 0 Å². The van der Waals surface area contributed by atoms with Crippen LogP contribution in [0.1, 0.15) is 96.8 Å². The molecule has 0 N–H and O–H groups in total. The number of hydrogen-bond donors (Lipinski definition) is 0. The number of allylic oxidation sites excluding steroid dienone is 4. The van der Waals surface area contributed by atoms with E-state index in [9.17, 15) is 4.79 Å². The molecule has 0 aliphatic heterocycles. The van der Waals surface area contributed by atoms with E-state index in [1.807, 2.05) is 0 Å². The van der Waals surface area contributed by atoms with Crippen LogP contribution in [0.15, 0.2) is 24.3 Å². The summed E-state index contributed by atoms with van der Waals surface area (Å²) in [6.07, 6.45) is 26.0. The number of carbonyl (C=O) groups is 1. The summed E-state index contributed by atoms with van der Waals surface area (Å²) in [5, 5.41) is 0. The fourth-order valence-electron chi connectivity index (χ4n) is 2.54. The molecule has 0 aliphatic carbocycles. The minimum atomic E-state index is -0.0763. The van der Waals surface area contributed by atoms with Gasteiger partial charge in [-0.2, -0.15) is 0 Å². The highest BCUT2D eigenvalue weighted by atomic mass is 16.5. The molecule has 2 nitrogen and oxygen atoms in total. The Kier molecular flexibility index (Phi) is 18.1. The molecule has 0 heterocycles. The van der Waals surface area contributed by atoms with Crippen LogP contribution in [0.4, 0.5) is 0 Å². The molecule has 0 saturated heterocycles. The van der Waals surface area contributed by atoms with Crippen LogP contribution in [0.3, 0.4) is 0 Å². The van der Waals surface area contributed by atoms with E-state index in [1.54, 1.807) is 0 Å². The van der Waals surface area contributed by atoms with Crippen LogP contribution < -0.4 is 0 Å². The molecule has 0 aliphatic rings. The van der Waals surface area contributed by atoms with Crippen LogP contribution in [0.2, 0.25) is 0 Å². The lowest BCUT2D eigenvalue weighted by Gasteiger charge is -2.01. The van der Waals surface area contributed by atoms with Gasteiger partial charge in [0.1, 0.15) is 0 Å². The van der Waals surface area contributed by atoms with Gasteiger partial charge in [0.2, 0.25) is 0 Å². The Morgan fingerprint density at radius 3 is 1.83 bits per heavy atom. The lowest BCUT2D eigenvalue weighted by molar-refractivity contribution is -0.140. The van der Waals surface area contributed by atoms with Gasteiger partial charge in [0, 0.05) is 6.42 Å². The van der Waals surface area contributed by atoms with Crippen molar-refractivity contribution in [2.75, 3.05) is 7.11 Å². The molecule has 0 spiro atoms. The predicted octanol–water partition coefficient (Wildman–Crippen LogP) is 6.75. The molecule has 2 heteroatoms. The number of unbranched alkanes of at least 4 members (excludes halogenated alkanes) is 10. The Morgan fingerprint density at radius 1 is 0.739 bits per heavy atom. The SMILES string of the molecule is CCCCCC=CC/C=C\CCCCCCCCCC(=O)OC. The van der Waals surface area contributed by atoms with E-state index < -0.39 is 0 Å². The number of rotatable bonds is 16. The monoisotopic (exact) mass is 322 g/mol. The Morgan fingerprint density at radius 2 is 1.26 bits per heavy atom. The number of esters is 1. The first-order valence-corrected chi connectivity index (χ1v) is 9.68. The zero-order valence-corrected chi connectivity index (χ0v) is 15.5. The smallest absolute Gasteiger partial charge is 0.305 e. The van der Waals surface area contributed by atoms with Crippen molar-refractivity contribution >= 4 is 5.97 Å². The molecule has 0 aromatic carbocycles. The highest BCUT2D eigenvalue weighted by molar-refractivity contribution is 5.68. The van der Waals surface area contributed by atoms with Gasteiger partial charge in [-0.15, -0.1) is 0 Å². The van der Waals surface area contributed by atoms with E-state index in [4.69, 9.17) is 0 Å². The van der Waals surface area contributed by atoms with Crippen molar-refractivity contribution in [3.05, 3.63) is 24.3 Å². The molecule has 0 saturated carbocycles. The average molecular weight is 323 g/mol. The Labute approximate surface area is 144 Å². The lowest BCUT2D eigenvalue weighted by atomic mass is 10.1. The maximum Gasteiger partial charge on any atom is 0.305 e. The number of carbonyl (C=O) groups excluding carboxylic acids is 1. The summed E-state index contributed by atoms with van der Waals surface area (Å²) in [7, 11) is 1.46. The lowest BCUT2D eigenvalue weighted by Crippen LogP contribution is -1.99. The van der Waals surface area contributed by atoms with Gasteiger partial charge in [0.15, 0.2) is 0 Å². The summed E-state index contributed by atoms with van der Waals surface area (Å²) in [5.74, 6) is -0.0763. The molecule has 0 aromatic heterocycles. The fraction of sp³-hybridized carbons (Fsp3) is 0.762. The highest BCUT2D eigenvalue weighted by Crippen LogP contribution is 2.10. The predicted molar refractivity (Wildman–Crippen MR) is 101 cm³/mol. The first kappa shape index (κ1) is 21.9. The van der Waals surface area contributed by atoms with E-state index in [-0.39, 0.29) is 5.97 Å². The summed E-state index contributed by atoms with van der Waals surface area (Å²) in [4.78, 5) is 10.9. The van der Waals surface area contributed by atoms with Gasteiger partial charge in [0.25, 0.3) is 0 Å². The van der Waals surface area contributed by atoms with Crippen molar-refractivity contribution in [1.82, 2.24) is 0 Å². The van der Waals surface area contributed by atoms with Crippen LogP contribution in [-0.4, -0.2) is 13.1 Å². The number of hydrogen-bond acceptors (Lipinski definition) is 2. The molecule has 0 amide bonds. The molecular weight excluding hydrogens is 284 g/mol. The van der Waals surface area contributed by atoms with Crippen LogP contribution in [-0.2, 0) is 9.53 Å². The van der Waals surface area contributed by atoms with E-state index in [2.05, 4.69) is 36.0 Å². The standard InChI is InChI=1S/C21H38O2/c1-3-4-5-6-7-8-9-10-11-12-13-14-15-16-17-18-19-20-21(22)23-2/h7-8,10-11H,3-6,9,12-20H2,1-2H3/b8-7?,11-10-. The molecule has 0 radical (unpaired) electrons. The maximum absolute atomic E-state index is 10.9. The van der Waals surface area contributed by atoms with Gasteiger partial charge in [0.05, 0.1) is 7.11 Å². The molecule has 0 rings (SSSR count). The van der Waals surface area contributed by atoms with Crippen molar-refractivity contribution in [2.45, 2.75) is 96.8 Å². The zero-order chi connectivity index (χ0) is 17.0. The first-order chi connectivity index (χ1) is 11.3. The van der Waals surface area contributed by atoms with E-state index >= 15 is 0 Å². The average Bonchev–Trinajstić information content (AvgIpc) is 2.57. The minimum Gasteiger partial charge on any atom is -0.469 e. The van der Waals surface area contributed by atoms with Gasteiger partial charge in [-0.3, -0.25) is 4.79 Å². The van der Waals surface area contributed by atoms with Crippen molar-refractivity contribution in [2.24, 2.45) is 0 Å². The molecule has 0 fully saturated rings. The second-order valence-electron chi connectivity index (χ2n) is 6.26. The molecule has 0 unspecified atom stereocenters. The van der Waals surface area contributed by atoms with Crippen LogP contribution >= 0.6 is 0 Å². The summed E-state index contributed by atoms with van der Waals surface area (Å²) in [6.45, 7) is 2.25. The van der Waals surface area contributed by atoms with Gasteiger partial charge < -0.3 is 4.74 Å². The molecule has 0 bridgehead atoms. The summed E-state index contributed by atoms with van der Waals surface area (Å²) in [5.41, 5.74) is 0.